The second kappa shape index (κ2) is 6.56. The van der Waals surface area contributed by atoms with Crippen molar-refractivity contribution in [2.45, 2.75) is 45.8 Å². The molecule has 0 bridgehead atoms. The van der Waals surface area contributed by atoms with Gasteiger partial charge in [-0.2, -0.15) is 0 Å². The lowest BCUT2D eigenvalue weighted by atomic mass is 10.1. The Hall–Kier alpha value is -1.82. The molecule has 2 N–H and O–H groups in total. The van der Waals surface area contributed by atoms with Crippen LogP contribution in [-0.4, -0.2) is 30.6 Å². The number of hydrogen-bond donors (Lipinski definition) is 2. The van der Waals surface area contributed by atoms with Crippen LogP contribution in [0.5, 0.6) is 0 Å². The monoisotopic (exact) mass is 282 g/mol. The number of nitrogens with one attached hydrogen (secondary N) is 2. The fourth-order valence-corrected chi connectivity index (χ4v) is 1.51. The van der Waals surface area contributed by atoms with Gasteiger partial charge in [0.15, 0.2) is 0 Å². The summed E-state index contributed by atoms with van der Waals surface area (Å²) in [5, 5.41) is 5.92. The third-order valence-electron chi connectivity index (χ3n) is 2.52. The lowest BCUT2D eigenvalue weighted by Crippen LogP contribution is -2.49. The van der Waals surface area contributed by atoms with E-state index in [2.05, 4.69) is 15.4 Å². The van der Waals surface area contributed by atoms with Gasteiger partial charge in [-0.1, -0.05) is 0 Å². The number of ether oxygens (including phenoxy) is 1. The molecule has 0 saturated carbocycles. The number of furan rings is 1. The van der Waals surface area contributed by atoms with E-state index in [9.17, 15) is 9.59 Å². The summed E-state index contributed by atoms with van der Waals surface area (Å²) >= 11 is 0. The highest BCUT2D eigenvalue weighted by Crippen LogP contribution is 2.09. The van der Waals surface area contributed by atoms with Gasteiger partial charge in [-0.15, -0.1) is 0 Å². The van der Waals surface area contributed by atoms with Crippen LogP contribution in [-0.2, 0) is 16.1 Å². The van der Waals surface area contributed by atoms with E-state index in [4.69, 9.17) is 4.42 Å². The molecule has 0 fully saturated rings. The standard InChI is InChI=1S/C14H22N2O4/c1-9(12(17)16-14(2,3)4)15-8-10-6-7-11(20-10)13(18)19-5/h6-7,9,15H,8H2,1-5H3,(H,16,17). The van der Waals surface area contributed by atoms with Crippen molar-refractivity contribution in [3.63, 3.8) is 0 Å². The van der Waals surface area contributed by atoms with Crippen molar-refractivity contribution in [3.8, 4) is 0 Å². The summed E-state index contributed by atoms with van der Waals surface area (Å²) in [5.74, 6) is 0.115. The van der Waals surface area contributed by atoms with Crippen molar-refractivity contribution in [1.29, 1.82) is 0 Å². The molecular formula is C14H22N2O4. The lowest BCUT2D eigenvalue weighted by molar-refractivity contribution is -0.124. The zero-order valence-electron chi connectivity index (χ0n) is 12.6. The SMILES string of the molecule is COC(=O)c1ccc(CNC(C)C(=O)NC(C)(C)C)o1. The Morgan fingerprint density at radius 2 is 2.00 bits per heavy atom. The van der Waals surface area contributed by atoms with Crippen LogP contribution in [0.1, 0.15) is 44.0 Å². The lowest BCUT2D eigenvalue weighted by Gasteiger charge is -2.23. The van der Waals surface area contributed by atoms with E-state index in [1.807, 2.05) is 20.8 Å². The molecule has 6 heteroatoms. The first-order chi connectivity index (χ1) is 9.23. The zero-order chi connectivity index (χ0) is 15.3. The minimum atomic E-state index is -0.519. The molecule has 0 aliphatic carbocycles. The first-order valence-electron chi connectivity index (χ1n) is 6.45. The van der Waals surface area contributed by atoms with Crippen LogP contribution in [0.25, 0.3) is 0 Å². The van der Waals surface area contributed by atoms with E-state index in [1.54, 1.807) is 19.1 Å². The molecule has 0 aliphatic heterocycles. The fourth-order valence-electron chi connectivity index (χ4n) is 1.51. The van der Waals surface area contributed by atoms with Crippen LogP contribution >= 0.6 is 0 Å². The van der Waals surface area contributed by atoms with Crippen molar-refractivity contribution in [2.75, 3.05) is 7.11 Å². The maximum Gasteiger partial charge on any atom is 0.373 e. The number of amides is 1. The van der Waals surface area contributed by atoms with Crippen LogP contribution in [0.2, 0.25) is 0 Å². The summed E-state index contributed by atoms with van der Waals surface area (Å²) in [4.78, 5) is 23.1. The largest absolute Gasteiger partial charge is 0.463 e. The van der Waals surface area contributed by atoms with Crippen LogP contribution < -0.4 is 10.6 Å². The predicted octanol–water partition coefficient (Wildman–Crippen LogP) is 1.46. The summed E-state index contributed by atoms with van der Waals surface area (Å²) in [7, 11) is 1.29. The zero-order valence-corrected chi connectivity index (χ0v) is 12.6. The molecule has 1 heterocycles. The third-order valence-corrected chi connectivity index (χ3v) is 2.52. The summed E-state index contributed by atoms with van der Waals surface area (Å²) in [5.41, 5.74) is -0.268. The summed E-state index contributed by atoms with van der Waals surface area (Å²) < 4.78 is 9.85. The number of rotatable bonds is 5. The second-order valence-electron chi connectivity index (χ2n) is 5.60. The van der Waals surface area contributed by atoms with Crippen molar-refractivity contribution >= 4 is 11.9 Å². The highest BCUT2D eigenvalue weighted by molar-refractivity contribution is 5.86. The van der Waals surface area contributed by atoms with E-state index in [0.717, 1.165) is 0 Å². The molecule has 0 saturated heterocycles. The number of hydrogen-bond acceptors (Lipinski definition) is 5. The van der Waals surface area contributed by atoms with E-state index in [0.29, 0.717) is 12.3 Å². The third kappa shape index (κ3) is 5.05. The number of methoxy groups -OCH3 is 1. The minimum Gasteiger partial charge on any atom is -0.463 e. The van der Waals surface area contributed by atoms with Crippen molar-refractivity contribution in [3.05, 3.63) is 23.7 Å². The molecule has 1 atom stereocenters. The maximum absolute atomic E-state index is 11.9. The van der Waals surface area contributed by atoms with Crippen molar-refractivity contribution < 1.29 is 18.7 Å². The molecule has 0 spiro atoms. The Labute approximate surface area is 118 Å². The van der Waals surface area contributed by atoms with Crippen molar-refractivity contribution in [1.82, 2.24) is 10.6 Å². The Balaban J connectivity index is 2.48. The van der Waals surface area contributed by atoms with Gasteiger partial charge in [-0.3, -0.25) is 10.1 Å². The van der Waals surface area contributed by atoms with Gasteiger partial charge in [0.1, 0.15) is 5.76 Å². The Morgan fingerprint density at radius 3 is 2.55 bits per heavy atom. The summed E-state index contributed by atoms with van der Waals surface area (Å²) in [6.45, 7) is 7.90. The highest BCUT2D eigenvalue weighted by atomic mass is 16.5. The fraction of sp³-hybridized carbons (Fsp3) is 0.571. The predicted molar refractivity (Wildman–Crippen MR) is 74.2 cm³/mol. The summed E-state index contributed by atoms with van der Waals surface area (Å²) in [6.07, 6.45) is 0. The molecule has 1 aromatic heterocycles. The molecule has 1 rings (SSSR count). The molecule has 20 heavy (non-hydrogen) atoms. The topological polar surface area (TPSA) is 80.6 Å². The van der Waals surface area contributed by atoms with E-state index < -0.39 is 5.97 Å². The van der Waals surface area contributed by atoms with Crippen LogP contribution in [0.4, 0.5) is 0 Å². The Bertz CT molecular complexity index is 474. The van der Waals surface area contributed by atoms with Gasteiger partial charge in [0.2, 0.25) is 11.7 Å². The number of carbonyl (C=O) groups excluding carboxylic acids is 2. The average Bonchev–Trinajstić information content (AvgIpc) is 2.81. The smallest absolute Gasteiger partial charge is 0.373 e. The minimum absolute atomic E-state index is 0.0859. The first kappa shape index (κ1) is 16.2. The second-order valence-corrected chi connectivity index (χ2v) is 5.60. The molecule has 112 valence electrons. The number of carbonyl (C=O) groups is 2. The van der Waals surface area contributed by atoms with Gasteiger partial charge in [-0.05, 0) is 39.8 Å². The molecular weight excluding hydrogens is 260 g/mol. The van der Waals surface area contributed by atoms with Crippen LogP contribution in [0.3, 0.4) is 0 Å². The van der Waals surface area contributed by atoms with E-state index >= 15 is 0 Å². The highest BCUT2D eigenvalue weighted by Gasteiger charge is 2.19. The van der Waals surface area contributed by atoms with E-state index in [-0.39, 0.29) is 23.2 Å². The van der Waals surface area contributed by atoms with Gasteiger partial charge >= 0.3 is 5.97 Å². The quantitative estimate of drug-likeness (QED) is 0.799. The molecule has 6 nitrogen and oxygen atoms in total. The van der Waals surface area contributed by atoms with Gasteiger partial charge in [0, 0.05) is 5.54 Å². The normalized spacial score (nSPS) is 12.8. The molecule has 0 radical (unpaired) electrons. The van der Waals surface area contributed by atoms with Crippen molar-refractivity contribution in [2.24, 2.45) is 0 Å². The van der Waals surface area contributed by atoms with Gasteiger partial charge in [-0.25, -0.2) is 4.79 Å². The Kier molecular flexibility index (Phi) is 5.33. The first-order valence-corrected chi connectivity index (χ1v) is 6.45. The van der Waals surface area contributed by atoms with Crippen LogP contribution in [0.15, 0.2) is 16.5 Å². The summed E-state index contributed by atoms with van der Waals surface area (Å²) in [6, 6.07) is 2.86. The van der Waals surface area contributed by atoms with Gasteiger partial charge in [0.25, 0.3) is 0 Å². The molecule has 1 aromatic rings. The van der Waals surface area contributed by atoms with Crippen LogP contribution in [0, 0.1) is 0 Å². The molecule has 1 amide bonds. The Morgan fingerprint density at radius 1 is 1.35 bits per heavy atom. The number of esters is 1. The van der Waals surface area contributed by atoms with Gasteiger partial charge < -0.3 is 14.5 Å². The maximum atomic E-state index is 11.9. The molecule has 0 aromatic carbocycles. The van der Waals surface area contributed by atoms with E-state index in [1.165, 1.54) is 7.11 Å². The molecule has 1 unspecified atom stereocenters. The average molecular weight is 282 g/mol. The molecule has 0 aliphatic rings. The van der Waals surface area contributed by atoms with Gasteiger partial charge in [0.05, 0.1) is 19.7 Å².